The molecule has 0 radical (unpaired) electrons. The van der Waals surface area contributed by atoms with E-state index in [-0.39, 0.29) is 0 Å². The topological polar surface area (TPSA) is 74.2 Å². The number of hydrogen-bond donors (Lipinski definition) is 1. The standard InChI is InChI=1S/C15H18BrN3O2/c1-20-13-7-4-10(8-12(13)16)14-18-15(21-19-14)9-2-5-11(17)6-3-9/h4,7-9,11H,2-3,5-6,17H2,1H3. The summed E-state index contributed by atoms with van der Waals surface area (Å²) in [5, 5.41) is 4.10. The van der Waals surface area contributed by atoms with Crippen LogP contribution in [0.25, 0.3) is 11.4 Å². The fraction of sp³-hybridized carbons (Fsp3) is 0.467. The van der Waals surface area contributed by atoms with Gasteiger partial charge in [0.25, 0.3) is 0 Å². The Kier molecular flexibility index (Phi) is 4.26. The number of ether oxygens (including phenoxy) is 1. The summed E-state index contributed by atoms with van der Waals surface area (Å²) in [5.41, 5.74) is 6.84. The van der Waals surface area contributed by atoms with Crippen molar-refractivity contribution in [3.8, 4) is 17.1 Å². The van der Waals surface area contributed by atoms with Crippen LogP contribution in [0.5, 0.6) is 5.75 Å². The predicted molar refractivity (Wildman–Crippen MR) is 83.2 cm³/mol. The molecule has 0 unspecified atom stereocenters. The lowest BCUT2D eigenvalue weighted by Crippen LogP contribution is -2.25. The second-order valence-electron chi connectivity index (χ2n) is 5.42. The van der Waals surface area contributed by atoms with E-state index in [1.807, 2.05) is 18.2 Å². The third kappa shape index (κ3) is 3.11. The summed E-state index contributed by atoms with van der Waals surface area (Å²) >= 11 is 3.47. The van der Waals surface area contributed by atoms with Crippen LogP contribution in [0.2, 0.25) is 0 Å². The van der Waals surface area contributed by atoms with Crippen LogP contribution in [0.4, 0.5) is 0 Å². The molecule has 1 aliphatic rings. The molecule has 1 fully saturated rings. The lowest BCUT2D eigenvalue weighted by atomic mass is 9.86. The number of aromatic nitrogens is 2. The highest BCUT2D eigenvalue weighted by Gasteiger charge is 2.25. The van der Waals surface area contributed by atoms with Crippen molar-refractivity contribution < 1.29 is 9.26 Å². The molecular formula is C15H18BrN3O2. The number of nitrogens with zero attached hydrogens (tertiary/aromatic N) is 2. The van der Waals surface area contributed by atoms with Crippen LogP contribution >= 0.6 is 15.9 Å². The Balaban J connectivity index is 1.80. The first-order chi connectivity index (χ1) is 10.2. The lowest BCUT2D eigenvalue weighted by Gasteiger charge is -2.22. The van der Waals surface area contributed by atoms with Gasteiger partial charge in [-0.05, 0) is 59.8 Å². The summed E-state index contributed by atoms with van der Waals surface area (Å²) in [6.45, 7) is 0. The number of benzene rings is 1. The molecule has 0 atom stereocenters. The summed E-state index contributed by atoms with van der Waals surface area (Å²) in [5.74, 6) is 2.46. The number of rotatable bonds is 3. The molecule has 0 saturated heterocycles. The number of nitrogens with two attached hydrogens (primary N) is 1. The average Bonchev–Trinajstić information content (AvgIpc) is 2.98. The van der Waals surface area contributed by atoms with Crippen LogP contribution in [0.3, 0.4) is 0 Å². The highest BCUT2D eigenvalue weighted by molar-refractivity contribution is 9.10. The van der Waals surface area contributed by atoms with Crippen LogP contribution in [-0.4, -0.2) is 23.3 Å². The van der Waals surface area contributed by atoms with Crippen molar-refractivity contribution in [3.63, 3.8) is 0 Å². The average molecular weight is 352 g/mol. The number of methoxy groups -OCH3 is 1. The maximum Gasteiger partial charge on any atom is 0.230 e. The molecule has 1 saturated carbocycles. The van der Waals surface area contributed by atoms with Crippen LogP contribution in [0.1, 0.15) is 37.5 Å². The van der Waals surface area contributed by atoms with E-state index < -0.39 is 0 Å². The Morgan fingerprint density at radius 2 is 2.05 bits per heavy atom. The van der Waals surface area contributed by atoms with Gasteiger partial charge in [-0.25, -0.2) is 0 Å². The molecule has 2 N–H and O–H groups in total. The van der Waals surface area contributed by atoms with Crippen molar-refractivity contribution in [2.45, 2.75) is 37.6 Å². The zero-order chi connectivity index (χ0) is 14.8. The molecule has 1 aromatic heterocycles. The molecule has 21 heavy (non-hydrogen) atoms. The molecule has 112 valence electrons. The third-order valence-electron chi connectivity index (χ3n) is 3.97. The number of hydrogen-bond acceptors (Lipinski definition) is 5. The molecule has 1 heterocycles. The Morgan fingerprint density at radius 3 is 2.71 bits per heavy atom. The van der Waals surface area contributed by atoms with Crippen LogP contribution < -0.4 is 10.5 Å². The van der Waals surface area contributed by atoms with Crippen molar-refractivity contribution in [1.29, 1.82) is 0 Å². The summed E-state index contributed by atoms with van der Waals surface area (Å²) in [4.78, 5) is 4.55. The second-order valence-corrected chi connectivity index (χ2v) is 6.27. The quantitative estimate of drug-likeness (QED) is 0.915. The normalized spacial score (nSPS) is 22.2. The minimum absolute atomic E-state index is 0.321. The van der Waals surface area contributed by atoms with E-state index in [0.29, 0.717) is 17.8 Å². The van der Waals surface area contributed by atoms with E-state index in [1.54, 1.807) is 7.11 Å². The van der Waals surface area contributed by atoms with Gasteiger partial charge >= 0.3 is 0 Å². The summed E-state index contributed by atoms with van der Waals surface area (Å²) in [6.07, 6.45) is 4.09. The molecule has 5 nitrogen and oxygen atoms in total. The van der Waals surface area contributed by atoms with Gasteiger partial charge in [0.05, 0.1) is 11.6 Å². The Morgan fingerprint density at radius 1 is 1.29 bits per heavy atom. The fourth-order valence-corrected chi connectivity index (χ4v) is 3.23. The molecule has 0 spiro atoms. The smallest absolute Gasteiger partial charge is 0.230 e. The second kappa shape index (κ2) is 6.15. The Labute approximate surface area is 132 Å². The van der Waals surface area contributed by atoms with Crippen molar-refractivity contribution in [1.82, 2.24) is 10.1 Å². The number of halogens is 1. The summed E-state index contributed by atoms with van der Waals surface area (Å²) in [6, 6.07) is 6.06. The molecule has 0 amide bonds. The van der Waals surface area contributed by atoms with E-state index in [4.69, 9.17) is 15.0 Å². The maximum absolute atomic E-state index is 5.93. The highest BCUT2D eigenvalue weighted by atomic mass is 79.9. The van der Waals surface area contributed by atoms with Gasteiger partial charge in [0.2, 0.25) is 11.7 Å². The molecule has 0 aliphatic heterocycles. The fourth-order valence-electron chi connectivity index (χ4n) is 2.69. The van der Waals surface area contributed by atoms with Gasteiger partial charge in [-0.3, -0.25) is 0 Å². The van der Waals surface area contributed by atoms with Crippen LogP contribution in [0, 0.1) is 0 Å². The molecule has 1 aliphatic carbocycles. The minimum atomic E-state index is 0.321. The first kappa shape index (κ1) is 14.5. The van der Waals surface area contributed by atoms with Gasteiger partial charge in [0.1, 0.15) is 5.75 Å². The van der Waals surface area contributed by atoms with E-state index in [9.17, 15) is 0 Å². The minimum Gasteiger partial charge on any atom is -0.496 e. The van der Waals surface area contributed by atoms with Crippen molar-refractivity contribution >= 4 is 15.9 Å². The Hall–Kier alpha value is -1.40. The van der Waals surface area contributed by atoms with E-state index in [0.717, 1.165) is 47.4 Å². The van der Waals surface area contributed by atoms with E-state index in [2.05, 4.69) is 26.1 Å². The van der Waals surface area contributed by atoms with Crippen LogP contribution in [0.15, 0.2) is 27.2 Å². The predicted octanol–water partition coefficient (Wildman–Crippen LogP) is 3.49. The van der Waals surface area contributed by atoms with Crippen LogP contribution in [-0.2, 0) is 0 Å². The van der Waals surface area contributed by atoms with E-state index >= 15 is 0 Å². The van der Waals surface area contributed by atoms with Gasteiger partial charge < -0.3 is 15.0 Å². The first-order valence-corrected chi connectivity index (χ1v) is 7.89. The lowest BCUT2D eigenvalue weighted by molar-refractivity contribution is 0.301. The highest BCUT2D eigenvalue weighted by Crippen LogP contribution is 2.33. The monoisotopic (exact) mass is 351 g/mol. The van der Waals surface area contributed by atoms with Crippen molar-refractivity contribution in [2.24, 2.45) is 5.73 Å². The van der Waals surface area contributed by atoms with Gasteiger partial charge in [0.15, 0.2) is 0 Å². The zero-order valence-corrected chi connectivity index (χ0v) is 13.5. The van der Waals surface area contributed by atoms with Gasteiger partial charge in [-0.1, -0.05) is 5.16 Å². The molecule has 1 aromatic carbocycles. The molecule has 6 heteroatoms. The first-order valence-electron chi connectivity index (χ1n) is 7.10. The molecular weight excluding hydrogens is 334 g/mol. The van der Waals surface area contributed by atoms with Crippen molar-refractivity contribution in [2.75, 3.05) is 7.11 Å². The van der Waals surface area contributed by atoms with Gasteiger partial charge in [-0.15, -0.1) is 0 Å². The largest absolute Gasteiger partial charge is 0.496 e. The van der Waals surface area contributed by atoms with Gasteiger partial charge in [-0.2, -0.15) is 4.98 Å². The van der Waals surface area contributed by atoms with Gasteiger partial charge in [0, 0.05) is 17.5 Å². The zero-order valence-electron chi connectivity index (χ0n) is 11.9. The molecule has 3 rings (SSSR count). The summed E-state index contributed by atoms with van der Waals surface area (Å²) < 4.78 is 11.5. The SMILES string of the molecule is COc1ccc(-c2noc(C3CCC(N)CC3)n2)cc1Br. The maximum atomic E-state index is 5.93. The third-order valence-corrected chi connectivity index (χ3v) is 4.59. The molecule has 2 aromatic rings. The molecule has 0 bridgehead atoms. The summed E-state index contributed by atoms with van der Waals surface area (Å²) in [7, 11) is 1.64. The van der Waals surface area contributed by atoms with E-state index in [1.165, 1.54) is 0 Å². The Bertz CT molecular complexity index is 621. The van der Waals surface area contributed by atoms with Crippen molar-refractivity contribution in [3.05, 3.63) is 28.6 Å².